The van der Waals surface area contributed by atoms with Gasteiger partial charge in [-0.3, -0.25) is 19.2 Å². The molecule has 0 saturated heterocycles. The van der Waals surface area contributed by atoms with Crippen LogP contribution in [0.5, 0.6) is 0 Å². The van der Waals surface area contributed by atoms with Gasteiger partial charge in [0.2, 0.25) is 11.8 Å². The van der Waals surface area contributed by atoms with Crippen LogP contribution in [0.4, 0.5) is 10.5 Å². The topological polar surface area (TPSA) is 183 Å². The van der Waals surface area contributed by atoms with Gasteiger partial charge >= 0.3 is 6.09 Å². The number of nitrogens with zero attached hydrogens (tertiary/aromatic N) is 4. The van der Waals surface area contributed by atoms with E-state index in [0.29, 0.717) is 48.8 Å². The van der Waals surface area contributed by atoms with Crippen molar-refractivity contribution in [3.05, 3.63) is 54.1 Å². The number of para-hydroxylation sites is 1. The quantitative estimate of drug-likeness (QED) is 0.147. The molecule has 0 saturated carbocycles. The lowest BCUT2D eigenvalue weighted by atomic mass is 9.95. The fraction of sp³-hybridized carbons (Fsp3) is 0.472. The Kier molecular flexibility index (Phi) is 15.2. The van der Waals surface area contributed by atoms with E-state index in [4.69, 9.17) is 14.2 Å². The monoisotopic (exact) mass is 705 g/mol. The van der Waals surface area contributed by atoms with E-state index in [0.717, 1.165) is 11.1 Å². The fourth-order valence-electron chi connectivity index (χ4n) is 5.34. The van der Waals surface area contributed by atoms with Gasteiger partial charge in [-0.05, 0) is 32.4 Å². The second-order valence-corrected chi connectivity index (χ2v) is 12.2. The highest BCUT2D eigenvalue weighted by molar-refractivity contribution is 6.00. The van der Waals surface area contributed by atoms with Crippen molar-refractivity contribution in [1.29, 1.82) is 0 Å². The van der Waals surface area contributed by atoms with Crippen LogP contribution in [0, 0.1) is 0 Å². The number of benzene rings is 2. The van der Waals surface area contributed by atoms with E-state index in [9.17, 15) is 24.0 Å². The van der Waals surface area contributed by atoms with E-state index in [-0.39, 0.29) is 88.3 Å². The van der Waals surface area contributed by atoms with Crippen LogP contribution in [0.2, 0.25) is 0 Å². The Balaban J connectivity index is 1.37. The maximum Gasteiger partial charge on any atom is 0.407 e. The smallest absolute Gasteiger partial charge is 0.407 e. The average molecular weight is 706 g/mol. The first-order chi connectivity index (χ1) is 24.6. The summed E-state index contributed by atoms with van der Waals surface area (Å²) in [7, 11) is 0. The number of Topliss-reactive ketones (excluding diaryl/α,β-unsaturated/α-hetero) is 2. The van der Waals surface area contributed by atoms with Crippen molar-refractivity contribution >= 4 is 35.2 Å². The number of carbonyl (C=O) groups excluding carboxylic acids is 5. The van der Waals surface area contributed by atoms with Crippen molar-refractivity contribution in [2.75, 3.05) is 57.5 Å². The van der Waals surface area contributed by atoms with Crippen LogP contribution in [0.25, 0.3) is 22.5 Å². The molecule has 0 atom stereocenters. The molecule has 2 aromatic carbocycles. The Morgan fingerprint density at radius 3 is 2.29 bits per heavy atom. The zero-order valence-corrected chi connectivity index (χ0v) is 29.4. The normalized spacial score (nSPS) is 11.9. The van der Waals surface area contributed by atoms with Crippen molar-refractivity contribution < 1.29 is 38.2 Å². The Hall–Kier alpha value is -4.99. The Bertz CT molecular complexity index is 1660. The highest BCUT2D eigenvalue weighted by atomic mass is 16.6. The molecular weight excluding hydrogens is 658 g/mol. The predicted octanol–water partition coefficient (Wildman–Crippen LogP) is 2.66. The molecule has 2 heterocycles. The molecule has 1 aliphatic rings. The number of ether oxygens (including phenoxy) is 3. The number of hydrogen-bond acceptors (Lipinski definition) is 11. The zero-order valence-electron chi connectivity index (χ0n) is 29.4. The summed E-state index contributed by atoms with van der Waals surface area (Å²) in [5.41, 5.74) is 4.25. The predicted molar refractivity (Wildman–Crippen MR) is 189 cm³/mol. The first-order valence-corrected chi connectivity index (χ1v) is 17.1. The van der Waals surface area contributed by atoms with E-state index in [2.05, 4.69) is 26.3 Å². The molecule has 3 amide bonds. The molecule has 4 rings (SSSR count). The van der Waals surface area contributed by atoms with Crippen LogP contribution >= 0.6 is 0 Å². The van der Waals surface area contributed by atoms with E-state index < -0.39 is 6.09 Å². The minimum absolute atomic E-state index is 0.0398. The number of rotatable bonds is 20. The highest BCUT2D eigenvalue weighted by Crippen LogP contribution is 2.41. The van der Waals surface area contributed by atoms with Crippen molar-refractivity contribution in [2.24, 2.45) is 0 Å². The average Bonchev–Trinajstić information content (AvgIpc) is 3.49. The first-order valence-electron chi connectivity index (χ1n) is 17.1. The summed E-state index contributed by atoms with van der Waals surface area (Å²) in [4.78, 5) is 63.5. The molecule has 1 aliphatic heterocycles. The van der Waals surface area contributed by atoms with Crippen LogP contribution in [-0.2, 0) is 46.5 Å². The second kappa shape index (κ2) is 20.0. The number of aromatic nitrogens is 3. The van der Waals surface area contributed by atoms with Crippen molar-refractivity contribution in [2.45, 2.75) is 59.2 Å². The molecule has 0 fully saturated rings. The van der Waals surface area contributed by atoms with Gasteiger partial charge in [0, 0.05) is 50.0 Å². The van der Waals surface area contributed by atoms with Crippen LogP contribution in [0.3, 0.4) is 0 Å². The third-order valence-electron chi connectivity index (χ3n) is 7.75. The van der Waals surface area contributed by atoms with Gasteiger partial charge < -0.3 is 35.1 Å². The summed E-state index contributed by atoms with van der Waals surface area (Å²) in [6, 6.07) is 15.1. The molecular formula is C36H47N7O8. The molecule has 1 aromatic heterocycles. The van der Waals surface area contributed by atoms with Crippen molar-refractivity contribution in [3.8, 4) is 22.5 Å². The Morgan fingerprint density at radius 2 is 1.53 bits per heavy atom. The van der Waals surface area contributed by atoms with Crippen molar-refractivity contribution in [3.63, 3.8) is 0 Å². The van der Waals surface area contributed by atoms with Crippen LogP contribution in [-0.4, -0.2) is 103 Å². The summed E-state index contributed by atoms with van der Waals surface area (Å²) in [5, 5.41) is 17.3. The van der Waals surface area contributed by atoms with Crippen LogP contribution in [0.15, 0.2) is 48.5 Å². The van der Waals surface area contributed by atoms with Gasteiger partial charge in [-0.2, -0.15) is 0 Å². The number of hydrogen-bond donors (Lipinski definition) is 3. The summed E-state index contributed by atoms with van der Waals surface area (Å²) in [6.07, 6.45) is -0.224. The Labute approximate surface area is 297 Å². The van der Waals surface area contributed by atoms with Crippen LogP contribution < -0.4 is 20.9 Å². The lowest BCUT2D eigenvalue weighted by molar-refractivity contribution is -0.123. The second-order valence-electron chi connectivity index (χ2n) is 12.2. The number of amides is 3. The minimum atomic E-state index is -0.523. The minimum Gasteiger partial charge on any atom is -0.447 e. The van der Waals surface area contributed by atoms with Gasteiger partial charge in [0.1, 0.15) is 18.0 Å². The van der Waals surface area contributed by atoms with Gasteiger partial charge in [0.15, 0.2) is 5.78 Å². The van der Waals surface area contributed by atoms with Gasteiger partial charge in [-0.25, -0.2) is 9.48 Å². The highest BCUT2D eigenvalue weighted by Gasteiger charge is 2.29. The Morgan fingerprint density at radius 1 is 0.824 bits per heavy atom. The molecule has 51 heavy (non-hydrogen) atoms. The molecule has 15 nitrogen and oxygen atoms in total. The molecule has 0 radical (unpaired) electrons. The van der Waals surface area contributed by atoms with Gasteiger partial charge in [-0.1, -0.05) is 47.7 Å². The number of carbonyl (C=O) groups is 5. The summed E-state index contributed by atoms with van der Waals surface area (Å²) in [5.74, 6) is -0.500. The van der Waals surface area contributed by atoms with Gasteiger partial charge in [0.05, 0.1) is 57.0 Å². The van der Waals surface area contributed by atoms with Crippen molar-refractivity contribution in [1.82, 2.24) is 30.9 Å². The molecule has 0 unspecified atom stereocenters. The van der Waals surface area contributed by atoms with Gasteiger partial charge in [0.25, 0.3) is 0 Å². The third-order valence-corrected chi connectivity index (χ3v) is 7.75. The van der Waals surface area contributed by atoms with Crippen LogP contribution in [0.1, 0.15) is 45.6 Å². The number of ketones is 2. The summed E-state index contributed by atoms with van der Waals surface area (Å²) < 4.78 is 17.4. The maximum absolute atomic E-state index is 13.8. The standard InChI is InChI=1S/C36H47N7O8/c1-25(2)51-36(48)39-17-21-50-19-14-32(46)38-15-12-33(47)42-23-27-8-4-5-9-29(27)34-35(30-10-6-7-11-31(30)42)43(41-40-34)24-28(45)22-37-16-20-49-18-13-26(3)44/h4-11,25,37H,12-24H2,1-3H3,(H,38,46)(H,39,48). The van der Waals surface area contributed by atoms with E-state index in [1.807, 2.05) is 48.5 Å². The zero-order chi connectivity index (χ0) is 36.6. The SMILES string of the molecule is CC(=O)CCOCCNCC(=O)Cn1nnc2c1-c1ccccc1N(C(=O)CCNC(=O)CCOCCNC(=O)OC(C)C)Cc1ccccc1-2. The summed E-state index contributed by atoms with van der Waals surface area (Å²) in [6.45, 7) is 7.32. The molecule has 0 aliphatic carbocycles. The first kappa shape index (κ1) is 38.8. The van der Waals surface area contributed by atoms with E-state index in [1.54, 1.807) is 23.4 Å². The molecule has 274 valence electrons. The number of fused-ring (bicyclic) bond motifs is 5. The lowest BCUT2D eigenvalue weighted by Gasteiger charge is -2.29. The maximum atomic E-state index is 13.8. The summed E-state index contributed by atoms with van der Waals surface area (Å²) >= 11 is 0. The van der Waals surface area contributed by atoms with E-state index in [1.165, 1.54) is 6.92 Å². The molecule has 15 heteroatoms. The molecule has 0 spiro atoms. The molecule has 3 N–H and O–H groups in total. The van der Waals surface area contributed by atoms with E-state index >= 15 is 0 Å². The largest absolute Gasteiger partial charge is 0.447 e. The number of alkyl carbamates (subject to hydrolysis) is 1. The number of anilines is 1. The number of nitrogens with one attached hydrogen (secondary N) is 3. The lowest BCUT2D eigenvalue weighted by Crippen LogP contribution is -2.35. The fourth-order valence-corrected chi connectivity index (χ4v) is 5.34. The molecule has 0 bridgehead atoms. The molecule has 3 aromatic rings. The third kappa shape index (κ3) is 12.1. The van der Waals surface area contributed by atoms with Gasteiger partial charge in [-0.15, -0.1) is 5.10 Å².